The average Bonchev–Trinajstić information content (AvgIpc) is 4.02. The van der Waals surface area contributed by atoms with Crippen molar-refractivity contribution in [3.05, 3.63) is 230 Å². The fraction of sp³-hybridized carbons (Fsp3) is 0.0476. The van der Waals surface area contributed by atoms with Crippen LogP contribution in [0.2, 0.25) is 0 Å². The molecule has 0 radical (unpaired) electrons. The molecule has 4 nitrogen and oxygen atoms in total. The standard InChI is InChI=1S/C63H42N2O2/c1-63(2)54-37-40-35-43(64(41-17-5-3-6-18-41)55-27-15-25-50-46-22-11-13-29-57(46)66-61(50)55)32-31-39(40)36-53(54)59-48-24-10-9-21-45(48)52-38-44(33-34-49(52)60(59)63)65(42-19-7-4-8-20-42)56-28-16-26-51-47-23-12-14-30-58(47)67-62(51)56/h3-38H,1-2H3. The molecule has 0 atom stereocenters. The molecule has 13 aromatic rings. The maximum Gasteiger partial charge on any atom is 0.159 e. The topological polar surface area (TPSA) is 32.8 Å². The number of rotatable bonds is 6. The predicted molar refractivity (Wildman–Crippen MR) is 280 cm³/mol. The molecule has 0 aliphatic heterocycles. The minimum Gasteiger partial charge on any atom is -0.454 e. The Morgan fingerprint density at radius 1 is 0.343 bits per heavy atom. The van der Waals surface area contributed by atoms with Crippen LogP contribution in [0.25, 0.3) is 87.3 Å². The third kappa shape index (κ3) is 5.54. The number of fused-ring (bicyclic) bond motifs is 15. The summed E-state index contributed by atoms with van der Waals surface area (Å²) in [6.07, 6.45) is 0. The van der Waals surface area contributed by atoms with E-state index in [1.807, 2.05) is 12.1 Å². The Balaban J connectivity index is 0.949. The summed E-state index contributed by atoms with van der Waals surface area (Å²) in [6, 6.07) is 78.7. The van der Waals surface area contributed by atoms with Crippen LogP contribution in [0.5, 0.6) is 0 Å². The molecule has 2 heterocycles. The van der Waals surface area contributed by atoms with E-state index in [9.17, 15) is 0 Å². The van der Waals surface area contributed by atoms with Gasteiger partial charge in [0.25, 0.3) is 0 Å². The minimum atomic E-state index is -0.295. The van der Waals surface area contributed by atoms with Crippen molar-refractivity contribution in [3.63, 3.8) is 0 Å². The predicted octanol–water partition coefficient (Wildman–Crippen LogP) is 18.2. The van der Waals surface area contributed by atoms with E-state index in [1.54, 1.807) is 0 Å². The van der Waals surface area contributed by atoms with E-state index < -0.39 is 0 Å². The van der Waals surface area contributed by atoms with Crippen LogP contribution in [0, 0.1) is 0 Å². The van der Waals surface area contributed by atoms with Gasteiger partial charge in [0.2, 0.25) is 0 Å². The quantitative estimate of drug-likeness (QED) is 0.156. The summed E-state index contributed by atoms with van der Waals surface area (Å²) in [5, 5.41) is 11.9. The van der Waals surface area contributed by atoms with Gasteiger partial charge in [0.1, 0.15) is 11.2 Å². The number of hydrogen-bond donors (Lipinski definition) is 0. The van der Waals surface area contributed by atoms with Crippen molar-refractivity contribution in [3.8, 4) is 11.1 Å². The van der Waals surface area contributed by atoms with Gasteiger partial charge in [-0.2, -0.15) is 0 Å². The van der Waals surface area contributed by atoms with Gasteiger partial charge in [0, 0.05) is 49.7 Å². The molecule has 0 unspecified atom stereocenters. The molecule has 2 aromatic heterocycles. The maximum absolute atomic E-state index is 6.67. The van der Waals surface area contributed by atoms with Gasteiger partial charge in [0.15, 0.2) is 11.2 Å². The van der Waals surface area contributed by atoms with Crippen molar-refractivity contribution in [1.82, 2.24) is 0 Å². The SMILES string of the molecule is CC1(C)c2cc3cc(N(c4ccccc4)c4cccc5c4oc4ccccc45)ccc3cc2-c2c1c1ccc(N(c3ccccc3)c3cccc4c3oc3ccccc34)cc1c1ccccc21. The van der Waals surface area contributed by atoms with Crippen LogP contribution >= 0.6 is 0 Å². The molecule has 1 aliphatic carbocycles. The van der Waals surface area contributed by atoms with E-state index >= 15 is 0 Å². The zero-order valence-corrected chi connectivity index (χ0v) is 37.0. The van der Waals surface area contributed by atoms with E-state index in [0.717, 1.165) is 78.0 Å². The van der Waals surface area contributed by atoms with E-state index in [4.69, 9.17) is 8.83 Å². The molecule has 0 fully saturated rings. The van der Waals surface area contributed by atoms with Crippen molar-refractivity contribution in [2.75, 3.05) is 9.80 Å². The largest absolute Gasteiger partial charge is 0.454 e. The first-order chi connectivity index (χ1) is 33.0. The first-order valence-corrected chi connectivity index (χ1v) is 23.1. The van der Waals surface area contributed by atoms with Crippen LogP contribution in [-0.4, -0.2) is 0 Å². The second-order valence-corrected chi connectivity index (χ2v) is 18.4. The highest BCUT2D eigenvalue weighted by Crippen LogP contribution is 2.56. The summed E-state index contributed by atoms with van der Waals surface area (Å²) < 4.78 is 13.3. The minimum absolute atomic E-state index is 0.295. The summed E-state index contributed by atoms with van der Waals surface area (Å²) in [5.41, 5.74) is 14.9. The lowest BCUT2D eigenvalue weighted by Crippen LogP contribution is -2.16. The second-order valence-electron chi connectivity index (χ2n) is 18.4. The molecule has 0 saturated carbocycles. The molecule has 0 N–H and O–H groups in total. The number of anilines is 6. The normalized spacial score (nSPS) is 13.0. The van der Waals surface area contributed by atoms with Crippen molar-refractivity contribution < 1.29 is 8.83 Å². The van der Waals surface area contributed by atoms with Crippen molar-refractivity contribution in [2.45, 2.75) is 19.3 Å². The third-order valence-corrected chi connectivity index (χ3v) is 14.3. The molecule has 316 valence electrons. The summed E-state index contributed by atoms with van der Waals surface area (Å²) in [6.45, 7) is 4.82. The number of furan rings is 2. The number of nitrogens with zero attached hydrogens (tertiary/aromatic N) is 2. The molecule has 67 heavy (non-hydrogen) atoms. The zero-order valence-electron chi connectivity index (χ0n) is 37.0. The molecule has 4 heteroatoms. The first-order valence-electron chi connectivity index (χ1n) is 23.1. The third-order valence-electron chi connectivity index (χ3n) is 14.3. The van der Waals surface area contributed by atoms with Gasteiger partial charge < -0.3 is 18.6 Å². The zero-order chi connectivity index (χ0) is 44.4. The summed E-state index contributed by atoms with van der Waals surface area (Å²) >= 11 is 0. The highest BCUT2D eigenvalue weighted by molar-refractivity contribution is 6.20. The molecule has 0 spiro atoms. The van der Waals surface area contributed by atoms with E-state index in [-0.39, 0.29) is 5.41 Å². The van der Waals surface area contributed by atoms with Gasteiger partial charge in [0.05, 0.1) is 11.4 Å². The van der Waals surface area contributed by atoms with Crippen LogP contribution in [0.1, 0.15) is 25.0 Å². The Morgan fingerprint density at radius 2 is 0.851 bits per heavy atom. The van der Waals surface area contributed by atoms with Crippen LogP contribution in [0.3, 0.4) is 0 Å². The Hall–Kier alpha value is -8.60. The maximum atomic E-state index is 6.67. The first kappa shape index (κ1) is 37.7. The van der Waals surface area contributed by atoms with Crippen LogP contribution in [0.4, 0.5) is 34.1 Å². The highest BCUT2D eigenvalue weighted by Gasteiger charge is 2.39. The number of para-hydroxylation sites is 6. The summed E-state index contributed by atoms with van der Waals surface area (Å²) in [4.78, 5) is 4.69. The number of hydrogen-bond acceptors (Lipinski definition) is 4. The fourth-order valence-electron chi connectivity index (χ4n) is 11.4. The monoisotopic (exact) mass is 858 g/mol. The van der Waals surface area contributed by atoms with Crippen LogP contribution in [-0.2, 0) is 5.41 Å². The molecule has 1 aliphatic rings. The van der Waals surface area contributed by atoms with Crippen molar-refractivity contribution in [2.24, 2.45) is 0 Å². The van der Waals surface area contributed by atoms with Crippen molar-refractivity contribution >= 4 is 110 Å². The van der Waals surface area contributed by atoms with Crippen LogP contribution < -0.4 is 9.80 Å². The van der Waals surface area contributed by atoms with Gasteiger partial charge in [-0.1, -0.05) is 147 Å². The van der Waals surface area contributed by atoms with Crippen LogP contribution in [0.15, 0.2) is 227 Å². The lowest BCUT2D eigenvalue weighted by atomic mass is 9.79. The molecule has 0 amide bonds. The van der Waals surface area contributed by atoms with E-state index in [2.05, 4.69) is 230 Å². The Bertz CT molecular complexity index is 4140. The molecular weight excluding hydrogens is 817 g/mol. The van der Waals surface area contributed by atoms with Gasteiger partial charge in [-0.15, -0.1) is 0 Å². The Morgan fingerprint density at radius 3 is 1.46 bits per heavy atom. The molecule has 11 aromatic carbocycles. The second kappa shape index (κ2) is 14.2. The fourth-order valence-corrected chi connectivity index (χ4v) is 11.4. The van der Waals surface area contributed by atoms with Crippen molar-refractivity contribution in [1.29, 1.82) is 0 Å². The lowest BCUT2D eigenvalue weighted by Gasteiger charge is -2.28. The van der Waals surface area contributed by atoms with Gasteiger partial charge in [-0.05, 0) is 140 Å². The smallest absolute Gasteiger partial charge is 0.159 e. The van der Waals surface area contributed by atoms with Gasteiger partial charge in [-0.3, -0.25) is 0 Å². The molecule has 0 bridgehead atoms. The van der Waals surface area contributed by atoms with Gasteiger partial charge >= 0.3 is 0 Å². The molecule has 14 rings (SSSR count). The Kier molecular flexibility index (Phi) is 8.00. The summed E-state index contributed by atoms with van der Waals surface area (Å²) in [5.74, 6) is 0. The lowest BCUT2D eigenvalue weighted by molar-refractivity contribution is 0.667. The highest BCUT2D eigenvalue weighted by atomic mass is 16.3. The Labute approximate surface area is 387 Å². The average molecular weight is 859 g/mol. The molecular formula is C63H42N2O2. The van der Waals surface area contributed by atoms with E-state index in [1.165, 1.54) is 54.6 Å². The summed E-state index contributed by atoms with van der Waals surface area (Å²) in [7, 11) is 0. The van der Waals surface area contributed by atoms with Gasteiger partial charge in [-0.25, -0.2) is 0 Å². The van der Waals surface area contributed by atoms with E-state index in [0.29, 0.717) is 0 Å². The number of benzene rings is 11. The molecule has 0 saturated heterocycles.